The van der Waals surface area contributed by atoms with Gasteiger partial charge >= 0.3 is 6.03 Å². The second kappa shape index (κ2) is 6.37. The topological polar surface area (TPSA) is 97.1 Å². The van der Waals surface area contributed by atoms with E-state index in [-0.39, 0.29) is 17.9 Å². The zero-order valence-electron chi connectivity index (χ0n) is 12.8. The molecule has 0 spiro atoms. The van der Waals surface area contributed by atoms with Crippen LogP contribution in [0.1, 0.15) is 22.6 Å². The summed E-state index contributed by atoms with van der Waals surface area (Å²) in [5.74, 6) is -0.396. The van der Waals surface area contributed by atoms with Crippen molar-refractivity contribution in [2.45, 2.75) is 26.2 Å². The fourth-order valence-electron chi connectivity index (χ4n) is 2.65. The van der Waals surface area contributed by atoms with E-state index in [9.17, 15) is 9.59 Å². The minimum Gasteiger partial charge on any atom is -0.369 e. The first kappa shape index (κ1) is 15.5. The molecule has 0 saturated heterocycles. The predicted molar refractivity (Wildman–Crippen MR) is 90.6 cm³/mol. The number of nitrogens with two attached hydrogens (primary N) is 1. The normalized spacial score (nSPS) is 16.5. The number of benzene rings is 1. The van der Waals surface area contributed by atoms with Crippen LogP contribution in [0.3, 0.4) is 0 Å². The van der Waals surface area contributed by atoms with Crippen LogP contribution in [0.15, 0.2) is 24.3 Å². The Morgan fingerprint density at radius 2 is 2.17 bits per heavy atom. The van der Waals surface area contributed by atoms with Gasteiger partial charge in [0, 0.05) is 16.5 Å². The molecule has 0 saturated carbocycles. The first-order valence-corrected chi connectivity index (χ1v) is 8.25. The van der Waals surface area contributed by atoms with Crippen LogP contribution in [0.25, 0.3) is 0 Å². The summed E-state index contributed by atoms with van der Waals surface area (Å²) < 4.78 is 0. The number of amides is 3. The first-order valence-electron chi connectivity index (χ1n) is 7.44. The minimum atomic E-state index is -0.326. The third-order valence-electron chi connectivity index (χ3n) is 3.84. The molecule has 1 aromatic heterocycles. The summed E-state index contributed by atoms with van der Waals surface area (Å²) in [6.07, 6.45) is 2.06. The summed E-state index contributed by atoms with van der Waals surface area (Å²) >= 11 is 1.41. The number of rotatable bonds is 3. The minimum absolute atomic E-state index is 0.128. The van der Waals surface area contributed by atoms with Crippen molar-refractivity contribution < 1.29 is 9.59 Å². The number of carbonyl (C=O) groups excluding carboxylic acids is 2. The number of carbonyl (C=O) groups is 2. The van der Waals surface area contributed by atoms with Crippen LogP contribution in [0.2, 0.25) is 0 Å². The van der Waals surface area contributed by atoms with E-state index in [1.54, 1.807) is 0 Å². The van der Waals surface area contributed by atoms with Gasteiger partial charge in [-0.2, -0.15) is 0 Å². The molecule has 1 aromatic carbocycles. The fraction of sp³-hybridized carbons (Fsp3) is 0.312. The Balaban J connectivity index is 1.65. The average molecular weight is 330 g/mol. The molecule has 0 fully saturated rings. The van der Waals surface area contributed by atoms with Crippen LogP contribution in [-0.4, -0.2) is 16.9 Å². The lowest BCUT2D eigenvalue weighted by Gasteiger charge is -2.17. The first-order chi connectivity index (χ1) is 11.0. The molecule has 6 nitrogen and oxygen atoms in total. The van der Waals surface area contributed by atoms with E-state index in [4.69, 9.17) is 5.73 Å². The molecule has 0 radical (unpaired) electrons. The van der Waals surface area contributed by atoms with E-state index < -0.39 is 0 Å². The molecule has 2 aromatic rings. The second-order valence-electron chi connectivity index (χ2n) is 5.68. The van der Waals surface area contributed by atoms with Crippen LogP contribution >= 0.6 is 11.3 Å². The summed E-state index contributed by atoms with van der Waals surface area (Å²) in [6, 6.07) is 7.25. The van der Waals surface area contributed by atoms with Crippen LogP contribution < -0.4 is 16.4 Å². The van der Waals surface area contributed by atoms with Crippen molar-refractivity contribution in [2.75, 3.05) is 10.6 Å². The number of anilines is 2. The van der Waals surface area contributed by atoms with Crippen LogP contribution in [0.5, 0.6) is 0 Å². The zero-order valence-corrected chi connectivity index (χ0v) is 13.6. The standard InChI is InChI=1S/C16H18N4O2S/c1-9-3-2-4-11(7-9)18-15(22)20-16-19-12-6-5-10(14(17)21)8-13(12)23-16/h2-4,7,10H,5-6,8H2,1H3,(H2,17,21)(H2,18,19,20,22). The number of nitrogens with one attached hydrogen (secondary N) is 2. The molecule has 1 heterocycles. The lowest BCUT2D eigenvalue weighted by atomic mass is 9.91. The molecule has 0 bridgehead atoms. The Morgan fingerprint density at radius 1 is 1.35 bits per heavy atom. The molecule has 1 atom stereocenters. The maximum absolute atomic E-state index is 12.0. The van der Waals surface area contributed by atoms with Crippen molar-refractivity contribution in [3.05, 3.63) is 40.4 Å². The number of aryl methyl sites for hydroxylation is 2. The van der Waals surface area contributed by atoms with Gasteiger partial charge in [0.25, 0.3) is 0 Å². The highest BCUT2D eigenvalue weighted by atomic mass is 32.1. The van der Waals surface area contributed by atoms with E-state index in [1.165, 1.54) is 11.3 Å². The molecule has 23 heavy (non-hydrogen) atoms. The third kappa shape index (κ3) is 3.68. The summed E-state index contributed by atoms with van der Waals surface area (Å²) in [5.41, 5.74) is 8.14. The van der Waals surface area contributed by atoms with Gasteiger partial charge < -0.3 is 11.1 Å². The van der Waals surface area contributed by atoms with Gasteiger partial charge in [0.1, 0.15) is 0 Å². The predicted octanol–water partition coefficient (Wildman–Crippen LogP) is 2.69. The van der Waals surface area contributed by atoms with Crippen molar-refractivity contribution in [3.63, 3.8) is 0 Å². The monoisotopic (exact) mass is 330 g/mol. The van der Waals surface area contributed by atoms with Gasteiger partial charge in [0.05, 0.1) is 5.69 Å². The molecule has 4 N–H and O–H groups in total. The molecule has 1 aliphatic carbocycles. The van der Waals surface area contributed by atoms with Crippen molar-refractivity contribution in [1.82, 2.24) is 4.98 Å². The van der Waals surface area contributed by atoms with Gasteiger partial charge in [-0.3, -0.25) is 10.1 Å². The SMILES string of the molecule is Cc1cccc(NC(=O)Nc2nc3c(s2)CC(C(N)=O)CC3)c1. The van der Waals surface area contributed by atoms with Crippen LogP contribution in [0.4, 0.5) is 15.6 Å². The number of hydrogen-bond acceptors (Lipinski definition) is 4. The maximum atomic E-state index is 12.0. The Hall–Kier alpha value is -2.41. The molecule has 7 heteroatoms. The number of thiazole rings is 1. The summed E-state index contributed by atoms with van der Waals surface area (Å²) in [5, 5.41) is 6.08. The zero-order chi connectivity index (χ0) is 16.4. The van der Waals surface area contributed by atoms with Crippen molar-refractivity contribution in [3.8, 4) is 0 Å². The van der Waals surface area contributed by atoms with E-state index >= 15 is 0 Å². The number of hydrogen-bond donors (Lipinski definition) is 3. The molecule has 1 aliphatic rings. The summed E-state index contributed by atoms with van der Waals surface area (Å²) in [6.45, 7) is 1.97. The number of urea groups is 1. The molecule has 3 rings (SSSR count). The highest BCUT2D eigenvalue weighted by Crippen LogP contribution is 2.32. The highest BCUT2D eigenvalue weighted by molar-refractivity contribution is 7.15. The van der Waals surface area contributed by atoms with E-state index in [0.717, 1.165) is 34.7 Å². The number of nitrogens with zero attached hydrogens (tertiary/aromatic N) is 1. The summed E-state index contributed by atoms with van der Waals surface area (Å²) in [4.78, 5) is 28.8. The molecular formula is C16H18N4O2S. The number of fused-ring (bicyclic) bond motifs is 1. The third-order valence-corrected chi connectivity index (χ3v) is 4.87. The largest absolute Gasteiger partial charge is 0.369 e. The van der Waals surface area contributed by atoms with Gasteiger partial charge in [0.2, 0.25) is 5.91 Å². The smallest absolute Gasteiger partial charge is 0.325 e. The van der Waals surface area contributed by atoms with Gasteiger partial charge in [0.15, 0.2) is 5.13 Å². The number of aromatic nitrogens is 1. The second-order valence-corrected chi connectivity index (χ2v) is 6.76. The van der Waals surface area contributed by atoms with E-state index in [1.807, 2.05) is 31.2 Å². The van der Waals surface area contributed by atoms with Gasteiger partial charge in [-0.25, -0.2) is 9.78 Å². The molecule has 120 valence electrons. The highest BCUT2D eigenvalue weighted by Gasteiger charge is 2.26. The lowest BCUT2D eigenvalue weighted by molar-refractivity contribution is -0.122. The average Bonchev–Trinajstić information content (AvgIpc) is 2.87. The summed E-state index contributed by atoms with van der Waals surface area (Å²) in [7, 11) is 0. The van der Waals surface area contributed by atoms with Crippen LogP contribution in [-0.2, 0) is 17.6 Å². The Labute approximate surface area is 138 Å². The molecule has 0 aliphatic heterocycles. The van der Waals surface area contributed by atoms with Gasteiger partial charge in [-0.1, -0.05) is 12.1 Å². The number of primary amides is 1. The van der Waals surface area contributed by atoms with Crippen molar-refractivity contribution in [2.24, 2.45) is 11.7 Å². The van der Waals surface area contributed by atoms with Gasteiger partial charge in [-0.15, -0.1) is 11.3 Å². The fourth-order valence-corrected chi connectivity index (χ4v) is 3.74. The molecule has 3 amide bonds. The lowest BCUT2D eigenvalue weighted by Crippen LogP contribution is -2.28. The van der Waals surface area contributed by atoms with Crippen molar-refractivity contribution in [1.29, 1.82) is 0 Å². The Kier molecular flexibility index (Phi) is 4.29. The van der Waals surface area contributed by atoms with Crippen LogP contribution in [0, 0.1) is 12.8 Å². The van der Waals surface area contributed by atoms with Gasteiger partial charge in [-0.05, 0) is 43.9 Å². The molecule has 1 unspecified atom stereocenters. The maximum Gasteiger partial charge on any atom is 0.325 e. The quantitative estimate of drug-likeness (QED) is 0.807. The Bertz CT molecular complexity index is 756. The Morgan fingerprint density at radius 3 is 2.91 bits per heavy atom. The van der Waals surface area contributed by atoms with E-state index in [0.29, 0.717) is 11.6 Å². The van der Waals surface area contributed by atoms with E-state index in [2.05, 4.69) is 15.6 Å². The van der Waals surface area contributed by atoms with Crippen molar-refractivity contribution >= 4 is 34.1 Å². The molecular weight excluding hydrogens is 312 g/mol.